The number of fused-ring (bicyclic) bond motifs is 1. The fourth-order valence-corrected chi connectivity index (χ4v) is 2.02. The first kappa shape index (κ1) is 9.47. The van der Waals surface area contributed by atoms with Gasteiger partial charge >= 0.3 is 0 Å². The van der Waals surface area contributed by atoms with Crippen LogP contribution in [0.2, 0.25) is 0 Å². The van der Waals surface area contributed by atoms with Crippen LogP contribution in [0.3, 0.4) is 0 Å². The van der Waals surface area contributed by atoms with Gasteiger partial charge in [0, 0.05) is 12.0 Å². The van der Waals surface area contributed by atoms with Crippen LogP contribution in [0, 0.1) is 0 Å². The van der Waals surface area contributed by atoms with Crippen LogP contribution in [0.1, 0.15) is 36.8 Å². The summed E-state index contributed by atoms with van der Waals surface area (Å²) in [6, 6.07) is 8.93. The van der Waals surface area contributed by atoms with Crippen molar-refractivity contribution in [1.29, 1.82) is 0 Å². The van der Waals surface area contributed by atoms with E-state index in [-0.39, 0.29) is 0 Å². The highest BCUT2D eigenvalue weighted by molar-refractivity contribution is 5.62. The average molecular weight is 187 g/mol. The fraction of sp³-hybridized carbons (Fsp3) is 0.385. The molecule has 14 heavy (non-hydrogen) atoms. The van der Waals surface area contributed by atoms with Gasteiger partial charge in [-0.15, -0.1) is 0 Å². The van der Waals surface area contributed by atoms with Crippen molar-refractivity contribution < 1.29 is 0 Å². The molecule has 2 N–H and O–H groups in total. The van der Waals surface area contributed by atoms with Crippen molar-refractivity contribution in [2.75, 3.05) is 0 Å². The Labute approximate surface area is 85.6 Å². The van der Waals surface area contributed by atoms with Gasteiger partial charge in [0.05, 0.1) is 0 Å². The van der Waals surface area contributed by atoms with E-state index in [0.29, 0.717) is 12.0 Å². The molecule has 1 aromatic carbocycles. The lowest BCUT2D eigenvalue weighted by molar-refractivity contribution is 0.597. The number of benzene rings is 1. The Balaban J connectivity index is 2.07. The predicted octanol–water partition coefficient (Wildman–Crippen LogP) is 2.92. The molecular weight excluding hydrogens is 170 g/mol. The van der Waals surface area contributed by atoms with Gasteiger partial charge in [-0.05, 0) is 30.9 Å². The van der Waals surface area contributed by atoms with E-state index in [1.54, 1.807) is 0 Å². The van der Waals surface area contributed by atoms with E-state index < -0.39 is 0 Å². The van der Waals surface area contributed by atoms with E-state index in [2.05, 4.69) is 43.3 Å². The smallest absolute Gasteiger partial charge is 0.00278 e. The molecule has 0 saturated carbocycles. The molecule has 1 aliphatic carbocycles. The molecular formula is C13H17N. The number of hydrogen-bond donors (Lipinski definition) is 1. The lowest BCUT2D eigenvalue weighted by Crippen LogP contribution is -2.15. The topological polar surface area (TPSA) is 26.0 Å². The molecule has 0 aliphatic heterocycles. The van der Waals surface area contributed by atoms with E-state index >= 15 is 0 Å². The van der Waals surface area contributed by atoms with Gasteiger partial charge in [-0.3, -0.25) is 0 Å². The zero-order valence-corrected chi connectivity index (χ0v) is 8.61. The van der Waals surface area contributed by atoms with Gasteiger partial charge in [0.2, 0.25) is 0 Å². The van der Waals surface area contributed by atoms with Crippen molar-refractivity contribution in [3.63, 3.8) is 0 Å². The third-order valence-electron chi connectivity index (χ3n) is 2.84. The lowest BCUT2D eigenvalue weighted by Gasteiger charge is -2.12. The molecule has 1 heteroatoms. The van der Waals surface area contributed by atoms with Crippen molar-refractivity contribution >= 4 is 6.08 Å². The van der Waals surface area contributed by atoms with Gasteiger partial charge < -0.3 is 5.73 Å². The summed E-state index contributed by atoms with van der Waals surface area (Å²) in [6.07, 6.45) is 6.79. The van der Waals surface area contributed by atoms with Gasteiger partial charge in [0.25, 0.3) is 0 Å². The zero-order valence-electron chi connectivity index (χ0n) is 8.61. The molecule has 0 amide bonds. The highest BCUT2D eigenvalue weighted by Gasteiger charge is 2.16. The minimum absolute atomic E-state index is 0.316. The molecule has 0 radical (unpaired) electrons. The maximum absolute atomic E-state index is 5.77. The lowest BCUT2D eigenvalue weighted by atomic mass is 9.95. The van der Waals surface area contributed by atoms with Crippen LogP contribution in [-0.4, -0.2) is 6.04 Å². The molecule has 1 aromatic rings. The molecule has 74 valence electrons. The van der Waals surface area contributed by atoms with Gasteiger partial charge in [-0.1, -0.05) is 36.4 Å². The first-order chi connectivity index (χ1) is 6.77. The Morgan fingerprint density at radius 1 is 1.36 bits per heavy atom. The second-order valence-corrected chi connectivity index (χ2v) is 4.15. The van der Waals surface area contributed by atoms with Crippen molar-refractivity contribution in [2.24, 2.45) is 5.73 Å². The molecule has 0 aromatic heterocycles. The number of allylic oxidation sites excluding steroid dienone is 1. The second-order valence-electron chi connectivity index (χ2n) is 4.15. The van der Waals surface area contributed by atoms with E-state index in [1.807, 2.05) is 0 Å². The average Bonchev–Trinajstić information content (AvgIpc) is 2.58. The molecule has 1 aliphatic rings. The summed E-state index contributed by atoms with van der Waals surface area (Å²) in [4.78, 5) is 0. The zero-order chi connectivity index (χ0) is 9.97. The molecule has 0 fully saturated rings. The van der Waals surface area contributed by atoms with Gasteiger partial charge in [-0.2, -0.15) is 0 Å². The molecule has 1 nitrogen and oxygen atoms in total. The second kappa shape index (κ2) is 3.97. The van der Waals surface area contributed by atoms with Crippen LogP contribution >= 0.6 is 0 Å². The van der Waals surface area contributed by atoms with Crippen LogP contribution in [0.5, 0.6) is 0 Å². The standard InChI is InChI=1S/C13H17N/c1-10(14)6-7-12-9-8-11-4-2-3-5-13(11)12/h2-5,8-10,12H,6-7,14H2,1H3. The maximum Gasteiger partial charge on any atom is 0.00278 e. The SMILES string of the molecule is CC(N)CCC1C=Cc2ccccc21. The Morgan fingerprint density at radius 3 is 2.93 bits per heavy atom. The highest BCUT2D eigenvalue weighted by atomic mass is 14.6. The quantitative estimate of drug-likeness (QED) is 0.773. The summed E-state index contributed by atoms with van der Waals surface area (Å²) in [7, 11) is 0. The normalized spacial score (nSPS) is 20.9. The molecule has 0 heterocycles. The molecule has 0 spiro atoms. The van der Waals surface area contributed by atoms with Gasteiger partial charge in [0.1, 0.15) is 0 Å². The highest BCUT2D eigenvalue weighted by Crippen LogP contribution is 2.33. The molecule has 0 saturated heterocycles. The summed E-state index contributed by atoms with van der Waals surface area (Å²) >= 11 is 0. The summed E-state index contributed by atoms with van der Waals surface area (Å²) in [5.74, 6) is 0.595. The van der Waals surface area contributed by atoms with Crippen LogP contribution in [0.15, 0.2) is 30.3 Å². The first-order valence-corrected chi connectivity index (χ1v) is 5.30. The third kappa shape index (κ3) is 1.88. The molecule has 0 bridgehead atoms. The van der Waals surface area contributed by atoms with Crippen molar-refractivity contribution in [3.8, 4) is 0 Å². The number of hydrogen-bond acceptors (Lipinski definition) is 1. The first-order valence-electron chi connectivity index (χ1n) is 5.30. The van der Waals surface area contributed by atoms with Crippen molar-refractivity contribution in [2.45, 2.75) is 31.7 Å². The van der Waals surface area contributed by atoms with Crippen LogP contribution in [0.25, 0.3) is 6.08 Å². The molecule has 2 atom stereocenters. The Hall–Kier alpha value is -1.08. The summed E-state index contributed by atoms with van der Waals surface area (Å²) in [5, 5.41) is 0. The largest absolute Gasteiger partial charge is 0.328 e. The van der Waals surface area contributed by atoms with Gasteiger partial charge in [0.15, 0.2) is 0 Å². The number of nitrogens with two attached hydrogens (primary N) is 1. The van der Waals surface area contributed by atoms with E-state index in [0.717, 1.165) is 6.42 Å². The fourth-order valence-electron chi connectivity index (χ4n) is 2.02. The Kier molecular flexibility index (Phi) is 2.69. The van der Waals surface area contributed by atoms with Crippen LogP contribution in [-0.2, 0) is 0 Å². The molecule has 2 rings (SSSR count). The minimum atomic E-state index is 0.316. The monoisotopic (exact) mass is 187 g/mol. The van der Waals surface area contributed by atoms with Crippen molar-refractivity contribution in [3.05, 3.63) is 41.5 Å². The molecule has 2 unspecified atom stereocenters. The van der Waals surface area contributed by atoms with Crippen LogP contribution in [0.4, 0.5) is 0 Å². The van der Waals surface area contributed by atoms with E-state index in [9.17, 15) is 0 Å². The summed E-state index contributed by atoms with van der Waals surface area (Å²) in [6.45, 7) is 2.07. The van der Waals surface area contributed by atoms with Crippen molar-refractivity contribution in [1.82, 2.24) is 0 Å². The maximum atomic E-state index is 5.77. The van der Waals surface area contributed by atoms with E-state index in [4.69, 9.17) is 5.73 Å². The summed E-state index contributed by atoms with van der Waals surface area (Å²) < 4.78 is 0. The van der Waals surface area contributed by atoms with Gasteiger partial charge in [-0.25, -0.2) is 0 Å². The van der Waals surface area contributed by atoms with Crippen LogP contribution < -0.4 is 5.73 Å². The minimum Gasteiger partial charge on any atom is -0.328 e. The summed E-state index contributed by atoms with van der Waals surface area (Å²) in [5.41, 5.74) is 8.61. The predicted molar refractivity (Wildman–Crippen MR) is 61.1 cm³/mol. The number of rotatable bonds is 3. The Bertz CT molecular complexity index is 339. The third-order valence-corrected chi connectivity index (χ3v) is 2.84. The van der Waals surface area contributed by atoms with E-state index in [1.165, 1.54) is 17.5 Å². The Morgan fingerprint density at radius 2 is 2.14 bits per heavy atom.